The van der Waals surface area contributed by atoms with Gasteiger partial charge < -0.3 is 20.7 Å². The number of hydrogen-bond acceptors (Lipinski definition) is 7. The lowest BCUT2D eigenvalue weighted by Gasteiger charge is -2.36. The molecule has 1 aliphatic carbocycles. The Balaban J connectivity index is 1.41. The van der Waals surface area contributed by atoms with E-state index in [4.69, 9.17) is 10.5 Å². The first-order valence-corrected chi connectivity index (χ1v) is 11.6. The summed E-state index contributed by atoms with van der Waals surface area (Å²) < 4.78 is 88.1. The Morgan fingerprint density at radius 1 is 1.18 bits per heavy atom. The highest BCUT2D eigenvalue weighted by atomic mass is 19.4. The number of hydrogen-bond donors (Lipinski definition) is 2. The third kappa shape index (κ3) is 4.78. The van der Waals surface area contributed by atoms with E-state index in [2.05, 4.69) is 20.4 Å². The minimum absolute atomic E-state index is 0.0375. The number of ether oxygens (including phenoxy) is 1. The molecule has 3 aromatic rings. The number of nitrogens with one attached hydrogen (secondary N) is 1. The molecule has 208 valence electrons. The van der Waals surface area contributed by atoms with E-state index >= 15 is 0 Å². The number of alkyl halides is 6. The van der Waals surface area contributed by atoms with Gasteiger partial charge in [0.2, 0.25) is 17.7 Å². The van der Waals surface area contributed by atoms with Crippen LogP contribution in [0.15, 0.2) is 24.7 Å². The number of halogens is 6. The molecule has 1 saturated carbocycles. The van der Waals surface area contributed by atoms with Crippen LogP contribution in [0.25, 0.3) is 16.8 Å². The van der Waals surface area contributed by atoms with Crippen LogP contribution in [0, 0.1) is 5.92 Å². The second kappa shape index (κ2) is 9.27. The van der Waals surface area contributed by atoms with Gasteiger partial charge in [-0.1, -0.05) is 0 Å². The van der Waals surface area contributed by atoms with Crippen LogP contribution in [0.4, 0.5) is 32.2 Å². The van der Waals surface area contributed by atoms with Crippen LogP contribution >= 0.6 is 0 Å². The van der Waals surface area contributed by atoms with Crippen LogP contribution in [0.1, 0.15) is 28.8 Å². The molecule has 39 heavy (non-hydrogen) atoms. The Kier molecular flexibility index (Phi) is 6.30. The van der Waals surface area contributed by atoms with Crippen molar-refractivity contribution in [2.75, 3.05) is 25.9 Å². The normalized spacial score (nSPS) is 21.2. The van der Waals surface area contributed by atoms with E-state index in [1.54, 1.807) is 0 Å². The number of pyridine rings is 1. The number of likely N-dealkylation sites (tertiary alicyclic amines) is 1. The van der Waals surface area contributed by atoms with Crippen molar-refractivity contribution in [3.63, 3.8) is 0 Å². The summed E-state index contributed by atoms with van der Waals surface area (Å²) >= 11 is 0. The molecule has 1 aliphatic heterocycles. The fourth-order valence-corrected chi connectivity index (χ4v) is 4.83. The molecule has 2 atom stereocenters. The lowest BCUT2D eigenvalue weighted by atomic mass is 9.80. The van der Waals surface area contributed by atoms with Crippen LogP contribution in [-0.2, 0) is 11.0 Å². The number of nitrogen functional groups attached to an aromatic ring is 1. The third-order valence-electron chi connectivity index (χ3n) is 6.79. The zero-order valence-corrected chi connectivity index (χ0v) is 20.2. The summed E-state index contributed by atoms with van der Waals surface area (Å²) in [5.41, 5.74) is 3.80. The Hall–Kier alpha value is -4.11. The maximum Gasteiger partial charge on any atom is 0.418 e. The van der Waals surface area contributed by atoms with Gasteiger partial charge in [0.05, 0.1) is 31.0 Å². The van der Waals surface area contributed by atoms with Crippen LogP contribution in [0.5, 0.6) is 5.88 Å². The van der Waals surface area contributed by atoms with Crippen molar-refractivity contribution in [1.82, 2.24) is 29.8 Å². The number of nitrogens with two attached hydrogens (primary N) is 1. The van der Waals surface area contributed by atoms with Gasteiger partial charge in [-0.15, -0.1) is 0 Å². The molecule has 3 aromatic heterocycles. The molecular weight excluding hydrogens is 536 g/mol. The molecular formula is C23H21F6N7O3. The van der Waals surface area contributed by atoms with Crippen LogP contribution in [-0.4, -0.2) is 74.6 Å². The number of methoxy groups -OCH3 is 1. The highest BCUT2D eigenvalue weighted by molar-refractivity contribution is 5.98. The van der Waals surface area contributed by atoms with Gasteiger partial charge in [-0.05, 0) is 12.1 Å². The van der Waals surface area contributed by atoms with Gasteiger partial charge in [0.25, 0.3) is 5.91 Å². The number of rotatable bonds is 5. The highest BCUT2D eigenvalue weighted by Crippen LogP contribution is 2.43. The molecule has 0 spiro atoms. The van der Waals surface area contributed by atoms with Crippen molar-refractivity contribution in [3.05, 3.63) is 35.8 Å². The van der Waals surface area contributed by atoms with Crippen molar-refractivity contribution in [2.24, 2.45) is 5.92 Å². The number of fused-ring (bicyclic) bond motifs is 1. The molecule has 0 radical (unpaired) electrons. The predicted octanol–water partition coefficient (Wildman–Crippen LogP) is 2.72. The fraction of sp³-hybridized carbons (Fsp3) is 0.435. The Bertz CT molecular complexity index is 1450. The monoisotopic (exact) mass is 557 g/mol. The molecule has 2 fully saturated rings. The minimum Gasteiger partial charge on any atom is -0.480 e. The van der Waals surface area contributed by atoms with E-state index in [0.717, 1.165) is 28.0 Å². The smallest absolute Gasteiger partial charge is 0.418 e. The lowest BCUT2D eigenvalue weighted by Crippen LogP contribution is -2.47. The maximum absolute atomic E-state index is 14.7. The number of carbonyl (C=O) groups is 2. The summed E-state index contributed by atoms with van der Waals surface area (Å²) in [6.07, 6.45) is -5.54. The van der Waals surface area contributed by atoms with Crippen molar-refractivity contribution in [2.45, 2.75) is 37.2 Å². The zero-order valence-electron chi connectivity index (χ0n) is 20.2. The van der Waals surface area contributed by atoms with Gasteiger partial charge in [-0.3, -0.25) is 9.59 Å². The number of carbonyl (C=O) groups excluding carboxylic acids is 2. The largest absolute Gasteiger partial charge is 0.480 e. The van der Waals surface area contributed by atoms with Gasteiger partial charge in [-0.25, -0.2) is 27.7 Å². The Labute approximate surface area is 216 Å². The van der Waals surface area contributed by atoms with E-state index in [1.165, 1.54) is 13.2 Å². The summed E-state index contributed by atoms with van der Waals surface area (Å²) in [7, 11) is 1.21. The van der Waals surface area contributed by atoms with Gasteiger partial charge in [0.15, 0.2) is 5.82 Å². The molecule has 1 saturated heterocycles. The lowest BCUT2D eigenvalue weighted by molar-refractivity contribution is -0.159. The first-order chi connectivity index (χ1) is 18.3. The molecule has 5 rings (SSSR count). The van der Waals surface area contributed by atoms with Crippen molar-refractivity contribution in [3.8, 4) is 17.1 Å². The van der Waals surface area contributed by atoms with Gasteiger partial charge in [-0.2, -0.15) is 18.3 Å². The fourth-order valence-electron chi connectivity index (χ4n) is 4.83. The summed E-state index contributed by atoms with van der Waals surface area (Å²) in [5, 5.41) is 6.30. The first kappa shape index (κ1) is 26.5. The van der Waals surface area contributed by atoms with E-state index in [1.807, 2.05) is 0 Å². The molecule has 3 N–H and O–H groups in total. The van der Waals surface area contributed by atoms with E-state index in [-0.39, 0.29) is 35.8 Å². The Morgan fingerprint density at radius 3 is 2.54 bits per heavy atom. The topological polar surface area (TPSA) is 128 Å². The molecule has 1 unspecified atom stereocenters. The second-order valence-corrected chi connectivity index (χ2v) is 9.43. The van der Waals surface area contributed by atoms with Gasteiger partial charge in [0.1, 0.15) is 23.6 Å². The van der Waals surface area contributed by atoms with Crippen LogP contribution < -0.4 is 15.8 Å². The number of anilines is 1. The molecule has 2 amide bonds. The number of amides is 2. The highest BCUT2D eigenvalue weighted by Gasteiger charge is 2.51. The van der Waals surface area contributed by atoms with Crippen LogP contribution in [0.2, 0.25) is 0 Å². The molecule has 0 aromatic carbocycles. The molecule has 2 aliphatic rings. The average molecular weight is 557 g/mol. The predicted molar refractivity (Wildman–Crippen MR) is 123 cm³/mol. The molecule has 16 heteroatoms. The maximum atomic E-state index is 14.7. The molecule has 4 heterocycles. The first-order valence-electron chi connectivity index (χ1n) is 11.6. The quantitative estimate of drug-likeness (QED) is 0.462. The van der Waals surface area contributed by atoms with E-state index in [9.17, 15) is 35.9 Å². The Morgan fingerprint density at radius 2 is 1.90 bits per heavy atom. The standard InChI is InChI=1S/C23H21F6N7O3/c1-39-20-12(19(37)34-15-8-35(7-14(15)24)21(38)11-4-22(25,26)5-11)2-10(6-31-20)16-3-13(23(27,28)29)17-18(30)32-9-33-36(16)17/h2-3,6,9,11,14-15H,4-5,7-8H2,1H3,(H,34,37)(H2,30,32,33)/t14-,15?/m0/s1. The van der Waals surface area contributed by atoms with Crippen molar-refractivity contribution >= 4 is 23.1 Å². The summed E-state index contributed by atoms with van der Waals surface area (Å²) in [5.74, 6) is -5.91. The third-order valence-corrected chi connectivity index (χ3v) is 6.79. The van der Waals surface area contributed by atoms with Crippen LogP contribution in [0.3, 0.4) is 0 Å². The van der Waals surface area contributed by atoms with Gasteiger partial charge >= 0.3 is 6.18 Å². The second-order valence-electron chi connectivity index (χ2n) is 9.43. The van der Waals surface area contributed by atoms with E-state index < -0.39 is 71.8 Å². The van der Waals surface area contributed by atoms with Gasteiger partial charge in [0, 0.05) is 37.1 Å². The number of aromatic nitrogens is 4. The molecule has 10 nitrogen and oxygen atoms in total. The van der Waals surface area contributed by atoms with Crippen molar-refractivity contribution < 1.29 is 40.7 Å². The zero-order chi connectivity index (χ0) is 28.3. The summed E-state index contributed by atoms with van der Waals surface area (Å²) in [4.78, 5) is 34.3. The number of nitrogens with zero attached hydrogens (tertiary/aromatic N) is 5. The summed E-state index contributed by atoms with van der Waals surface area (Å²) in [6.45, 7) is -0.615. The molecule has 0 bridgehead atoms. The average Bonchev–Trinajstić information content (AvgIpc) is 3.43. The van der Waals surface area contributed by atoms with Crippen molar-refractivity contribution in [1.29, 1.82) is 0 Å². The SMILES string of the molecule is COc1ncc(-c2cc(C(F)(F)F)c3c(N)ncnn23)cc1C(=O)NC1CN(C(=O)C2CC(F)(F)C2)C[C@@H]1F. The van der Waals surface area contributed by atoms with E-state index in [0.29, 0.717) is 0 Å². The minimum atomic E-state index is -4.79. The summed E-state index contributed by atoms with van der Waals surface area (Å²) in [6, 6.07) is 0.824.